The lowest BCUT2D eigenvalue weighted by Crippen LogP contribution is -2.51. The SMILES string of the molecule is CCOC(=O)[C@@]1(Cc2ccc(F)cc2)CCCN(C(=O)CCCN2CCCC2=O)C1. The Hall–Kier alpha value is -2.44. The molecule has 3 rings (SSSR count). The summed E-state index contributed by atoms with van der Waals surface area (Å²) in [5, 5.41) is 0. The van der Waals surface area contributed by atoms with Gasteiger partial charge >= 0.3 is 5.97 Å². The van der Waals surface area contributed by atoms with Crippen LogP contribution in [-0.4, -0.2) is 60.4 Å². The van der Waals surface area contributed by atoms with Crippen LogP contribution in [0, 0.1) is 11.2 Å². The molecule has 0 bridgehead atoms. The molecule has 6 nitrogen and oxygen atoms in total. The molecular formula is C23H31FN2O4. The number of likely N-dealkylation sites (tertiary alicyclic amines) is 2. The highest BCUT2D eigenvalue weighted by Crippen LogP contribution is 2.36. The van der Waals surface area contributed by atoms with Crippen LogP contribution in [0.5, 0.6) is 0 Å². The zero-order valence-corrected chi connectivity index (χ0v) is 17.7. The fourth-order valence-corrected chi connectivity index (χ4v) is 4.52. The minimum Gasteiger partial charge on any atom is -0.466 e. The summed E-state index contributed by atoms with van der Waals surface area (Å²) in [6, 6.07) is 6.15. The van der Waals surface area contributed by atoms with Crippen molar-refractivity contribution in [3.05, 3.63) is 35.6 Å². The van der Waals surface area contributed by atoms with Gasteiger partial charge in [-0.05, 0) is 56.7 Å². The lowest BCUT2D eigenvalue weighted by molar-refractivity contribution is -0.161. The van der Waals surface area contributed by atoms with Gasteiger partial charge in [0.15, 0.2) is 0 Å². The van der Waals surface area contributed by atoms with E-state index >= 15 is 0 Å². The van der Waals surface area contributed by atoms with Gasteiger partial charge in [-0.3, -0.25) is 14.4 Å². The molecule has 0 spiro atoms. The van der Waals surface area contributed by atoms with Gasteiger partial charge in [0, 0.05) is 39.0 Å². The van der Waals surface area contributed by atoms with Gasteiger partial charge in [0.25, 0.3) is 0 Å². The Morgan fingerprint density at radius 2 is 1.93 bits per heavy atom. The highest BCUT2D eigenvalue weighted by Gasteiger charge is 2.44. The predicted octanol–water partition coefficient (Wildman–Crippen LogP) is 2.94. The molecule has 2 aliphatic rings. The van der Waals surface area contributed by atoms with Crippen molar-refractivity contribution < 1.29 is 23.5 Å². The average Bonchev–Trinajstić information content (AvgIpc) is 3.15. The minimum absolute atomic E-state index is 0.00845. The van der Waals surface area contributed by atoms with Crippen molar-refractivity contribution in [1.82, 2.24) is 9.80 Å². The van der Waals surface area contributed by atoms with Crippen LogP contribution in [0.3, 0.4) is 0 Å². The molecule has 2 aliphatic heterocycles. The van der Waals surface area contributed by atoms with Crippen molar-refractivity contribution in [2.75, 3.05) is 32.8 Å². The molecule has 7 heteroatoms. The third-order valence-electron chi connectivity index (χ3n) is 6.08. The smallest absolute Gasteiger partial charge is 0.314 e. The first kappa shape index (κ1) is 22.2. The molecule has 1 aromatic carbocycles. The molecule has 164 valence electrons. The summed E-state index contributed by atoms with van der Waals surface area (Å²) in [7, 11) is 0. The first-order valence-corrected chi connectivity index (χ1v) is 10.9. The normalized spacial score (nSPS) is 21.7. The van der Waals surface area contributed by atoms with Gasteiger partial charge < -0.3 is 14.5 Å². The lowest BCUT2D eigenvalue weighted by atomic mass is 9.75. The van der Waals surface area contributed by atoms with Crippen molar-refractivity contribution in [3.8, 4) is 0 Å². The van der Waals surface area contributed by atoms with Gasteiger partial charge in [-0.15, -0.1) is 0 Å². The average molecular weight is 419 g/mol. The second kappa shape index (κ2) is 10.0. The number of halogens is 1. The van der Waals surface area contributed by atoms with E-state index < -0.39 is 5.41 Å². The topological polar surface area (TPSA) is 66.9 Å². The number of carbonyl (C=O) groups is 3. The molecule has 1 atom stereocenters. The van der Waals surface area contributed by atoms with E-state index in [1.807, 2.05) is 4.90 Å². The van der Waals surface area contributed by atoms with Crippen molar-refractivity contribution in [1.29, 1.82) is 0 Å². The van der Waals surface area contributed by atoms with E-state index in [0.717, 1.165) is 24.9 Å². The number of rotatable bonds is 8. The first-order chi connectivity index (χ1) is 14.4. The lowest BCUT2D eigenvalue weighted by Gasteiger charge is -2.41. The summed E-state index contributed by atoms with van der Waals surface area (Å²) >= 11 is 0. The van der Waals surface area contributed by atoms with Crippen LogP contribution in [0.1, 0.15) is 51.0 Å². The van der Waals surface area contributed by atoms with Gasteiger partial charge in [0.1, 0.15) is 5.82 Å². The highest BCUT2D eigenvalue weighted by atomic mass is 19.1. The number of amides is 2. The molecule has 0 radical (unpaired) electrons. The van der Waals surface area contributed by atoms with Gasteiger partial charge in [-0.2, -0.15) is 0 Å². The quantitative estimate of drug-likeness (QED) is 0.609. The van der Waals surface area contributed by atoms with E-state index in [9.17, 15) is 18.8 Å². The second-order valence-electron chi connectivity index (χ2n) is 8.31. The molecule has 2 saturated heterocycles. The van der Waals surface area contributed by atoms with Gasteiger partial charge in [-0.25, -0.2) is 4.39 Å². The Labute approximate surface area is 177 Å². The number of benzene rings is 1. The Morgan fingerprint density at radius 1 is 1.17 bits per heavy atom. The molecule has 0 saturated carbocycles. The summed E-state index contributed by atoms with van der Waals surface area (Å²) in [5.41, 5.74) is 0.0402. The van der Waals surface area contributed by atoms with E-state index in [-0.39, 0.29) is 30.2 Å². The monoisotopic (exact) mass is 418 g/mol. The predicted molar refractivity (Wildman–Crippen MR) is 110 cm³/mol. The number of hydrogen-bond donors (Lipinski definition) is 0. The van der Waals surface area contributed by atoms with Gasteiger partial charge in [0.05, 0.1) is 12.0 Å². The number of hydrogen-bond acceptors (Lipinski definition) is 4. The second-order valence-corrected chi connectivity index (χ2v) is 8.31. The van der Waals surface area contributed by atoms with E-state index in [1.165, 1.54) is 12.1 Å². The van der Waals surface area contributed by atoms with Gasteiger partial charge in [-0.1, -0.05) is 12.1 Å². The maximum absolute atomic E-state index is 13.3. The van der Waals surface area contributed by atoms with E-state index in [2.05, 4.69) is 0 Å². The Balaban J connectivity index is 1.64. The van der Waals surface area contributed by atoms with Crippen LogP contribution in [0.4, 0.5) is 4.39 Å². The standard InChI is InChI=1S/C23H31FN2O4/c1-2-30-22(29)23(16-18-8-10-19(24)11-9-18)12-5-15-26(17-23)21(28)7-4-14-25-13-3-6-20(25)27/h8-11H,2-7,12-17H2,1H3/t23-/m1/s1. The fourth-order valence-electron chi connectivity index (χ4n) is 4.52. The van der Waals surface area contributed by atoms with E-state index in [0.29, 0.717) is 51.7 Å². The Bertz CT molecular complexity index is 767. The number of esters is 1. The van der Waals surface area contributed by atoms with Crippen LogP contribution < -0.4 is 0 Å². The molecule has 0 N–H and O–H groups in total. The number of nitrogens with zero attached hydrogens (tertiary/aromatic N) is 2. The minimum atomic E-state index is -0.813. The van der Waals surface area contributed by atoms with Crippen LogP contribution in [0.25, 0.3) is 0 Å². The number of piperidine rings is 1. The van der Waals surface area contributed by atoms with Crippen LogP contribution in [0.2, 0.25) is 0 Å². The summed E-state index contributed by atoms with van der Waals surface area (Å²) in [6.07, 6.45) is 4.25. The molecule has 1 aromatic rings. The molecule has 2 amide bonds. The summed E-state index contributed by atoms with van der Waals surface area (Å²) < 4.78 is 18.7. The molecule has 0 unspecified atom stereocenters. The summed E-state index contributed by atoms with van der Waals surface area (Å²) in [4.78, 5) is 41.0. The van der Waals surface area contributed by atoms with E-state index in [1.54, 1.807) is 24.0 Å². The zero-order chi connectivity index (χ0) is 21.6. The first-order valence-electron chi connectivity index (χ1n) is 10.9. The highest BCUT2D eigenvalue weighted by molar-refractivity contribution is 5.81. The Kier molecular flexibility index (Phi) is 7.45. The Morgan fingerprint density at radius 3 is 2.60 bits per heavy atom. The number of carbonyl (C=O) groups excluding carboxylic acids is 3. The number of ether oxygens (including phenoxy) is 1. The third-order valence-corrected chi connectivity index (χ3v) is 6.08. The molecule has 2 heterocycles. The van der Waals surface area contributed by atoms with Crippen molar-refractivity contribution in [3.63, 3.8) is 0 Å². The van der Waals surface area contributed by atoms with Crippen LogP contribution >= 0.6 is 0 Å². The largest absolute Gasteiger partial charge is 0.466 e. The summed E-state index contributed by atoms with van der Waals surface area (Å²) in [5.74, 6) is -0.439. The molecule has 2 fully saturated rings. The maximum Gasteiger partial charge on any atom is 0.314 e. The van der Waals surface area contributed by atoms with Gasteiger partial charge in [0.2, 0.25) is 11.8 Å². The molecule has 0 aliphatic carbocycles. The van der Waals surface area contributed by atoms with E-state index in [4.69, 9.17) is 4.74 Å². The van der Waals surface area contributed by atoms with Crippen LogP contribution in [0.15, 0.2) is 24.3 Å². The molecule has 0 aromatic heterocycles. The van der Waals surface area contributed by atoms with Crippen molar-refractivity contribution in [2.45, 2.75) is 51.9 Å². The van der Waals surface area contributed by atoms with Crippen molar-refractivity contribution in [2.24, 2.45) is 5.41 Å². The van der Waals surface area contributed by atoms with Crippen molar-refractivity contribution >= 4 is 17.8 Å². The maximum atomic E-state index is 13.3. The zero-order valence-electron chi connectivity index (χ0n) is 17.7. The third kappa shape index (κ3) is 5.37. The summed E-state index contributed by atoms with van der Waals surface area (Å²) in [6.45, 7) is 4.37. The fraction of sp³-hybridized carbons (Fsp3) is 0.609. The molecular weight excluding hydrogens is 387 g/mol. The molecule has 30 heavy (non-hydrogen) atoms. The van der Waals surface area contributed by atoms with Crippen LogP contribution in [-0.2, 0) is 25.5 Å².